The lowest BCUT2D eigenvalue weighted by molar-refractivity contribution is 0.0314. The van der Waals surface area contributed by atoms with Crippen LogP contribution >= 0.6 is 12.2 Å². The number of rotatable bonds is 4. The highest BCUT2D eigenvalue weighted by Crippen LogP contribution is 2.26. The minimum absolute atomic E-state index is 0.118. The maximum Gasteiger partial charge on any atom is 0.136 e. The Kier molecular flexibility index (Phi) is 4.06. The van der Waals surface area contributed by atoms with Gasteiger partial charge in [-0.3, -0.25) is 0 Å². The molecule has 0 radical (unpaired) electrons. The van der Waals surface area contributed by atoms with Crippen molar-refractivity contribution in [1.29, 1.82) is 0 Å². The van der Waals surface area contributed by atoms with Gasteiger partial charge in [0.1, 0.15) is 10.8 Å². The Balaban J connectivity index is 2.21. The molecular formula is C14H21N3OS. The average Bonchev–Trinajstić information content (AvgIpc) is 2.72. The van der Waals surface area contributed by atoms with Crippen molar-refractivity contribution in [3.8, 4) is 0 Å². The lowest BCUT2D eigenvalue weighted by atomic mass is 10.0. The van der Waals surface area contributed by atoms with Gasteiger partial charge in [-0.25, -0.2) is 4.98 Å². The van der Waals surface area contributed by atoms with Crippen LogP contribution in [0.25, 0.3) is 0 Å². The zero-order valence-corrected chi connectivity index (χ0v) is 12.6. The summed E-state index contributed by atoms with van der Waals surface area (Å²) in [5.41, 5.74) is 8.53. The molecule has 2 heterocycles. The van der Waals surface area contributed by atoms with Crippen LogP contribution in [0, 0.1) is 13.8 Å². The molecule has 0 spiro atoms. The molecule has 0 aliphatic carbocycles. The number of hydrogen-bond donors (Lipinski definition) is 2. The van der Waals surface area contributed by atoms with E-state index in [1.54, 1.807) is 0 Å². The highest BCUT2D eigenvalue weighted by molar-refractivity contribution is 7.80. The molecule has 1 aliphatic heterocycles. The fourth-order valence-electron chi connectivity index (χ4n) is 2.52. The number of nitrogens with zero attached hydrogens (tertiary/aromatic N) is 1. The summed E-state index contributed by atoms with van der Waals surface area (Å²) in [6.07, 6.45) is 2.17. The molecule has 0 bridgehead atoms. The molecule has 19 heavy (non-hydrogen) atoms. The first-order chi connectivity index (χ1) is 8.91. The van der Waals surface area contributed by atoms with Crippen LogP contribution in [0.1, 0.15) is 36.6 Å². The summed E-state index contributed by atoms with van der Waals surface area (Å²) < 4.78 is 5.77. The molecule has 3 N–H and O–H groups in total. The van der Waals surface area contributed by atoms with E-state index in [4.69, 9.17) is 22.7 Å². The van der Waals surface area contributed by atoms with Gasteiger partial charge < -0.3 is 15.8 Å². The van der Waals surface area contributed by atoms with Crippen molar-refractivity contribution in [3.05, 3.63) is 22.9 Å². The summed E-state index contributed by atoms with van der Waals surface area (Å²) in [7, 11) is 0. The molecule has 1 aliphatic rings. The molecule has 0 amide bonds. The van der Waals surface area contributed by atoms with Gasteiger partial charge in [-0.05, 0) is 45.2 Å². The van der Waals surface area contributed by atoms with Crippen LogP contribution in [0.2, 0.25) is 0 Å². The van der Waals surface area contributed by atoms with E-state index in [0.717, 1.165) is 48.6 Å². The fraction of sp³-hybridized carbons (Fsp3) is 0.571. The lowest BCUT2D eigenvalue weighted by Crippen LogP contribution is -2.33. The molecule has 1 atom stereocenters. The van der Waals surface area contributed by atoms with Crippen LogP contribution in [0.3, 0.4) is 0 Å². The van der Waals surface area contributed by atoms with Gasteiger partial charge in [-0.2, -0.15) is 0 Å². The van der Waals surface area contributed by atoms with Crippen LogP contribution in [-0.4, -0.2) is 28.7 Å². The van der Waals surface area contributed by atoms with Crippen LogP contribution in [-0.2, 0) is 4.74 Å². The number of nitrogens with two attached hydrogens (primary N) is 1. The summed E-state index contributed by atoms with van der Waals surface area (Å²) in [5, 5.41) is 3.36. The predicted molar refractivity (Wildman–Crippen MR) is 81.7 cm³/mol. The summed E-state index contributed by atoms with van der Waals surface area (Å²) in [5.74, 6) is 0.765. The number of nitrogens with one attached hydrogen (secondary N) is 1. The van der Waals surface area contributed by atoms with E-state index in [9.17, 15) is 0 Å². The van der Waals surface area contributed by atoms with Gasteiger partial charge in [-0.1, -0.05) is 12.2 Å². The second kappa shape index (κ2) is 5.43. The van der Waals surface area contributed by atoms with Crippen molar-refractivity contribution < 1.29 is 4.74 Å². The summed E-state index contributed by atoms with van der Waals surface area (Å²) in [4.78, 5) is 4.89. The second-order valence-electron chi connectivity index (χ2n) is 5.42. The number of anilines is 1. The van der Waals surface area contributed by atoms with Gasteiger partial charge in [0.2, 0.25) is 0 Å². The maximum absolute atomic E-state index is 5.80. The second-order valence-corrected chi connectivity index (χ2v) is 5.86. The summed E-state index contributed by atoms with van der Waals surface area (Å²) in [6, 6.07) is 1.99. The third-order valence-corrected chi connectivity index (χ3v) is 3.73. The molecule has 0 aromatic carbocycles. The SMILES string of the molecule is Cc1cc(C)c(C(N)=S)c(NCC2(C)CCCO2)n1. The zero-order valence-electron chi connectivity index (χ0n) is 11.7. The van der Waals surface area contributed by atoms with Gasteiger partial charge in [0, 0.05) is 18.8 Å². The Labute approximate surface area is 119 Å². The highest BCUT2D eigenvalue weighted by Gasteiger charge is 2.30. The van der Waals surface area contributed by atoms with E-state index in [0.29, 0.717) is 4.99 Å². The molecule has 1 saturated heterocycles. The van der Waals surface area contributed by atoms with Crippen LogP contribution < -0.4 is 11.1 Å². The average molecular weight is 279 g/mol. The summed E-state index contributed by atoms with van der Waals surface area (Å²) in [6.45, 7) is 7.65. The molecule has 1 aromatic rings. The number of ether oxygens (including phenoxy) is 1. The van der Waals surface area contributed by atoms with Gasteiger partial charge in [0.15, 0.2) is 0 Å². The fourth-order valence-corrected chi connectivity index (χ4v) is 2.78. The Bertz CT molecular complexity index is 496. The Morgan fingerprint density at radius 3 is 2.89 bits per heavy atom. The first-order valence-corrected chi connectivity index (χ1v) is 6.98. The van der Waals surface area contributed by atoms with Crippen molar-refractivity contribution >= 4 is 23.0 Å². The third-order valence-electron chi connectivity index (χ3n) is 3.52. The highest BCUT2D eigenvalue weighted by atomic mass is 32.1. The van der Waals surface area contributed by atoms with Crippen molar-refractivity contribution in [1.82, 2.24) is 4.98 Å². The number of aromatic nitrogens is 1. The zero-order chi connectivity index (χ0) is 14.0. The van der Waals surface area contributed by atoms with E-state index >= 15 is 0 Å². The molecular weight excluding hydrogens is 258 g/mol. The largest absolute Gasteiger partial charge is 0.389 e. The van der Waals surface area contributed by atoms with Gasteiger partial charge >= 0.3 is 0 Å². The first kappa shape index (κ1) is 14.2. The van der Waals surface area contributed by atoms with E-state index in [2.05, 4.69) is 17.2 Å². The van der Waals surface area contributed by atoms with E-state index in [1.165, 1.54) is 0 Å². The van der Waals surface area contributed by atoms with Gasteiger partial charge in [-0.15, -0.1) is 0 Å². The van der Waals surface area contributed by atoms with Crippen LogP contribution in [0.15, 0.2) is 6.07 Å². The molecule has 0 saturated carbocycles. The number of thiocarbonyl (C=S) groups is 1. The molecule has 4 nitrogen and oxygen atoms in total. The number of aryl methyl sites for hydroxylation is 2. The van der Waals surface area contributed by atoms with Crippen molar-refractivity contribution in [2.45, 2.75) is 39.2 Å². The van der Waals surface area contributed by atoms with E-state index in [1.807, 2.05) is 19.9 Å². The number of pyridine rings is 1. The van der Waals surface area contributed by atoms with E-state index in [-0.39, 0.29) is 5.60 Å². The Hall–Kier alpha value is -1.20. The number of hydrogen-bond acceptors (Lipinski definition) is 4. The summed E-state index contributed by atoms with van der Waals surface area (Å²) >= 11 is 5.12. The van der Waals surface area contributed by atoms with Crippen molar-refractivity contribution in [3.63, 3.8) is 0 Å². The molecule has 104 valence electrons. The Morgan fingerprint density at radius 1 is 1.58 bits per heavy atom. The standard InChI is InChI=1S/C14H21N3OS/c1-9-7-10(2)17-13(11(9)12(15)19)16-8-14(3)5-4-6-18-14/h7H,4-6,8H2,1-3H3,(H2,15,19)(H,16,17). The minimum atomic E-state index is -0.118. The lowest BCUT2D eigenvalue weighted by Gasteiger charge is -2.24. The monoisotopic (exact) mass is 279 g/mol. The first-order valence-electron chi connectivity index (χ1n) is 6.57. The normalized spacial score (nSPS) is 22.5. The molecule has 2 rings (SSSR count). The maximum atomic E-state index is 5.80. The van der Waals surface area contributed by atoms with Gasteiger partial charge in [0.25, 0.3) is 0 Å². The van der Waals surface area contributed by atoms with Gasteiger partial charge in [0.05, 0.1) is 11.2 Å². The van der Waals surface area contributed by atoms with Crippen molar-refractivity contribution in [2.75, 3.05) is 18.5 Å². The van der Waals surface area contributed by atoms with E-state index < -0.39 is 0 Å². The smallest absolute Gasteiger partial charge is 0.136 e. The van der Waals surface area contributed by atoms with Crippen molar-refractivity contribution in [2.24, 2.45) is 5.73 Å². The minimum Gasteiger partial charge on any atom is -0.389 e. The topological polar surface area (TPSA) is 60.2 Å². The third kappa shape index (κ3) is 3.22. The molecule has 1 fully saturated rings. The quantitative estimate of drug-likeness (QED) is 0.828. The molecule has 1 unspecified atom stereocenters. The van der Waals surface area contributed by atoms with Crippen LogP contribution in [0.5, 0.6) is 0 Å². The van der Waals surface area contributed by atoms with Crippen LogP contribution in [0.4, 0.5) is 5.82 Å². The molecule has 1 aromatic heterocycles. The Morgan fingerprint density at radius 2 is 2.32 bits per heavy atom. The predicted octanol–water partition coefficient (Wildman–Crippen LogP) is 2.31. The molecule has 5 heteroatoms.